The molecule has 0 radical (unpaired) electrons. The van der Waals surface area contributed by atoms with Crippen molar-refractivity contribution in [3.8, 4) is 11.3 Å². The van der Waals surface area contributed by atoms with Crippen molar-refractivity contribution in [3.05, 3.63) is 86.0 Å². The maximum Gasteiger partial charge on any atom is 0.256 e. The van der Waals surface area contributed by atoms with Crippen LogP contribution < -0.4 is 5.32 Å². The smallest absolute Gasteiger partial charge is 0.256 e. The molecule has 27 heavy (non-hydrogen) atoms. The van der Waals surface area contributed by atoms with Crippen molar-refractivity contribution >= 4 is 65.0 Å². The first-order chi connectivity index (χ1) is 13.0. The molecule has 7 heteroatoms. The molecule has 4 nitrogen and oxygen atoms in total. The highest BCUT2D eigenvalue weighted by atomic mass is 79.9. The highest BCUT2D eigenvalue weighted by molar-refractivity contribution is 9.11. The standard InChI is InChI=1S/C20H12Br3N3O/c21-13-9-17(23)19-25-18(11-26(19)10-13)12-4-3-5-14(8-12)24-20(27)15-6-1-2-7-16(15)22/h1-11H,(H,24,27). The van der Waals surface area contributed by atoms with Gasteiger partial charge >= 0.3 is 0 Å². The molecule has 0 aliphatic heterocycles. The SMILES string of the molecule is O=C(Nc1cccc(-c2cn3cc(Br)cc(Br)c3n2)c1)c1ccccc1Br. The van der Waals surface area contributed by atoms with Crippen LogP contribution >= 0.6 is 47.8 Å². The van der Waals surface area contributed by atoms with Gasteiger partial charge in [0.2, 0.25) is 0 Å². The zero-order valence-corrected chi connectivity index (χ0v) is 18.5. The molecule has 0 atom stereocenters. The molecule has 2 aromatic carbocycles. The van der Waals surface area contributed by atoms with Gasteiger partial charge in [0.25, 0.3) is 5.91 Å². The van der Waals surface area contributed by atoms with Crippen LogP contribution in [0.5, 0.6) is 0 Å². The summed E-state index contributed by atoms with van der Waals surface area (Å²) in [6.45, 7) is 0. The highest BCUT2D eigenvalue weighted by Crippen LogP contribution is 2.28. The van der Waals surface area contributed by atoms with Crippen LogP contribution in [-0.4, -0.2) is 15.3 Å². The number of amides is 1. The molecule has 2 aromatic heterocycles. The van der Waals surface area contributed by atoms with Crippen LogP contribution in [0.4, 0.5) is 5.69 Å². The Morgan fingerprint density at radius 3 is 2.56 bits per heavy atom. The Hall–Kier alpha value is -1.96. The lowest BCUT2D eigenvalue weighted by Crippen LogP contribution is -2.12. The van der Waals surface area contributed by atoms with E-state index in [1.54, 1.807) is 6.07 Å². The summed E-state index contributed by atoms with van der Waals surface area (Å²) in [6, 6.07) is 16.9. The second kappa shape index (κ2) is 7.58. The average molecular weight is 550 g/mol. The number of anilines is 1. The molecule has 1 amide bonds. The molecule has 0 fully saturated rings. The van der Waals surface area contributed by atoms with Crippen molar-refractivity contribution < 1.29 is 4.79 Å². The minimum Gasteiger partial charge on any atom is -0.322 e. The first-order valence-corrected chi connectivity index (χ1v) is 10.4. The Balaban J connectivity index is 1.66. The van der Waals surface area contributed by atoms with Crippen LogP contribution in [0.15, 0.2) is 80.4 Å². The van der Waals surface area contributed by atoms with E-state index < -0.39 is 0 Å². The molecule has 1 N–H and O–H groups in total. The number of hydrogen-bond acceptors (Lipinski definition) is 2. The second-order valence-corrected chi connectivity index (χ2v) is 8.50. The van der Waals surface area contributed by atoms with Crippen LogP contribution in [0.2, 0.25) is 0 Å². The van der Waals surface area contributed by atoms with Crippen LogP contribution in [0.3, 0.4) is 0 Å². The summed E-state index contributed by atoms with van der Waals surface area (Å²) in [5, 5.41) is 2.94. The lowest BCUT2D eigenvalue weighted by atomic mass is 10.1. The molecule has 4 rings (SSSR count). The molecule has 0 saturated carbocycles. The largest absolute Gasteiger partial charge is 0.322 e. The van der Waals surface area contributed by atoms with E-state index in [-0.39, 0.29) is 5.91 Å². The van der Waals surface area contributed by atoms with Crippen LogP contribution in [0, 0.1) is 0 Å². The highest BCUT2D eigenvalue weighted by Gasteiger charge is 2.12. The van der Waals surface area contributed by atoms with Crippen molar-refractivity contribution in [2.24, 2.45) is 0 Å². The van der Waals surface area contributed by atoms with Gasteiger partial charge in [0.1, 0.15) is 0 Å². The predicted molar refractivity (Wildman–Crippen MR) is 118 cm³/mol. The summed E-state index contributed by atoms with van der Waals surface area (Å²) in [7, 11) is 0. The number of rotatable bonds is 3. The van der Waals surface area contributed by atoms with Crippen molar-refractivity contribution in [1.82, 2.24) is 9.38 Å². The Kier molecular flexibility index (Phi) is 5.16. The number of halogens is 3. The monoisotopic (exact) mass is 547 g/mol. The van der Waals surface area contributed by atoms with E-state index in [1.165, 1.54) is 0 Å². The average Bonchev–Trinajstić information content (AvgIpc) is 3.06. The molecule has 134 valence electrons. The summed E-state index contributed by atoms with van der Waals surface area (Å²) in [5.74, 6) is -0.165. The van der Waals surface area contributed by atoms with E-state index >= 15 is 0 Å². The Morgan fingerprint density at radius 2 is 1.74 bits per heavy atom. The van der Waals surface area contributed by atoms with Crippen molar-refractivity contribution in [2.45, 2.75) is 0 Å². The van der Waals surface area contributed by atoms with E-state index in [9.17, 15) is 4.79 Å². The van der Waals surface area contributed by atoms with Crippen LogP contribution in [0.1, 0.15) is 10.4 Å². The first-order valence-electron chi connectivity index (χ1n) is 8.01. The third kappa shape index (κ3) is 3.85. The normalized spacial score (nSPS) is 10.9. The molecule has 0 aliphatic rings. The fourth-order valence-corrected chi connectivity index (χ4v) is 4.53. The minimum atomic E-state index is -0.165. The lowest BCUT2D eigenvalue weighted by Gasteiger charge is -2.08. The van der Waals surface area contributed by atoms with Gasteiger partial charge in [0.15, 0.2) is 5.65 Å². The summed E-state index contributed by atoms with van der Waals surface area (Å²) in [6.07, 6.45) is 3.91. The van der Waals surface area contributed by atoms with Gasteiger partial charge in [-0.25, -0.2) is 4.98 Å². The molecule has 4 aromatic rings. The number of fused-ring (bicyclic) bond motifs is 1. The number of carbonyl (C=O) groups excluding carboxylic acids is 1. The summed E-state index contributed by atoms with van der Waals surface area (Å²) >= 11 is 10.4. The number of hydrogen-bond donors (Lipinski definition) is 1. The van der Waals surface area contributed by atoms with Gasteiger partial charge in [0.05, 0.1) is 15.7 Å². The van der Waals surface area contributed by atoms with Gasteiger partial charge in [0, 0.05) is 32.6 Å². The Morgan fingerprint density at radius 1 is 0.926 bits per heavy atom. The molecule has 0 saturated heterocycles. The fraction of sp³-hybridized carbons (Fsp3) is 0. The Bertz CT molecular complexity index is 1170. The predicted octanol–water partition coefficient (Wildman–Crippen LogP) is 6.54. The summed E-state index contributed by atoms with van der Waals surface area (Å²) in [4.78, 5) is 17.2. The summed E-state index contributed by atoms with van der Waals surface area (Å²) in [5.41, 5.74) is 3.88. The third-order valence-electron chi connectivity index (χ3n) is 4.01. The number of nitrogens with zero attached hydrogens (tertiary/aromatic N) is 2. The molecule has 0 aliphatic carbocycles. The molecule has 0 bridgehead atoms. The molecule has 0 unspecified atom stereocenters. The first kappa shape index (κ1) is 18.4. The lowest BCUT2D eigenvalue weighted by molar-refractivity contribution is 0.102. The maximum atomic E-state index is 12.5. The molecule has 0 spiro atoms. The number of pyridine rings is 1. The molecule has 2 heterocycles. The quantitative estimate of drug-likeness (QED) is 0.315. The molecular weight excluding hydrogens is 538 g/mol. The van der Waals surface area contributed by atoms with Crippen molar-refractivity contribution in [1.29, 1.82) is 0 Å². The summed E-state index contributed by atoms with van der Waals surface area (Å²) < 4.78 is 4.58. The number of imidazole rings is 1. The zero-order chi connectivity index (χ0) is 19.0. The number of benzene rings is 2. The van der Waals surface area contributed by atoms with Gasteiger partial charge < -0.3 is 9.72 Å². The van der Waals surface area contributed by atoms with Crippen molar-refractivity contribution in [3.63, 3.8) is 0 Å². The fourth-order valence-electron chi connectivity index (χ4n) is 2.76. The Labute approximate surface area is 181 Å². The van der Waals surface area contributed by atoms with E-state index in [0.29, 0.717) is 11.3 Å². The number of aromatic nitrogens is 2. The van der Waals surface area contributed by atoms with E-state index in [0.717, 1.165) is 30.3 Å². The zero-order valence-electron chi connectivity index (χ0n) is 13.8. The maximum absolute atomic E-state index is 12.5. The van der Waals surface area contributed by atoms with Gasteiger partial charge in [-0.15, -0.1) is 0 Å². The van der Waals surface area contributed by atoms with E-state index in [2.05, 4.69) is 53.1 Å². The van der Waals surface area contributed by atoms with Crippen LogP contribution in [0.25, 0.3) is 16.9 Å². The van der Waals surface area contributed by atoms with Gasteiger partial charge in [-0.2, -0.15) is 0 Å². The van der Waals surface area contributed by atoms with Crippen molar-refractivity contribution in [2.75, 3.05) is 5.32 Å². The van der Waals surface area contributed by atoms with E-state index in [1.807, 2.05) is 65.3 Å². The molecular formula is C20H12Br3N3O. The number of carbonyl (C=O) groups is 1. The van der Waals surface area contributed by atoms with E-state index in [4.69, 9.17) is 4.98 Å². The van der Waals surface area contributed by atoms with Crippen LogP contribution in [-0.2, 0) is 0 Å². The van der Waals surface area contributed by atoms with Gasteiger partial charge in [-0.1, -0.05) is 24.3 Å². The minimum absolute atomic E-state index is 0.165. The van der Waals surface area contributed by atoms with Gasteiger partial charge in [-0.05, 0) is 78.1 Å². The third-order valence-corrected chi connectivity index (χ3v) is 5.72. The topological polar surface area (TPSA) is 46.4 Å². The van der Waals surface area contributed by atoms with Gasteiger partial charge in [-0.3, -0.25) is 4.79 Å². The second-order valence-electron chi connectivity index (χ2n) is 5.88. The number of nitrogens with one attached hydrogen (secondary N) is 1.